The zero-order chi connectivity index (χ0) is 24.5. The number of hydrogen-bond acceptors (Lipinski definition) is 5. The van der Waals surface area contributed by atoms with Crippen molar-refractivity contribution in [3.63, 3.8) is 0 Å². The van der Waals surface area contributed by atoms with Gasteiger partial charge in [-0.05, 0) is 80.6 Å². The maximum absolute atomic E-state index is 13.0. The predicted octanol–water partition coefficient (Wildman–Crippen LogP) is 5.04. The predicted molar refractivity (Wildman–Crippen MR) is 136 cm³/mol. The lowest BCUT2D eigenvalue weighted by Gasteiger charge is -2.32. The Hall–Kier alpha value is -3.32. The van der Waals surface area contributed by atoms with E-state index in [1.807, 2.05) is 22.9 Å². The van der Waals surface area contributed by atoms with Gasteiger partial charge in [0.2, 0.25) is 0 Å². The van der Waals surface area contributed by atoms with Gasteiger partial charge < -0.3 is 4.98 Å². The van der Waals surface area contributed by atoms with E-state index in [1.165, 1.54) is 11.1 Å². The third-order valence-electron chi connectivity index (χ3n) is 6.21. The fourth-order valence-electron chi connectivity index (χ4n) is 4.40. The third kappa shape index (κ3) is 5.09. The summed E-state index contributed by atoms with van der Waals surface area (Å²) in [6.07, 6.45) is 0.812. The Morgan fingerprint density at radius 1 is 1.00 bits per heavy atom. The van der Waals surface area contributed by atoms with Crippen LogP contribution in [0, 0.1) is 13.8 Å². The maximum Gasteiger partial charge on any atom is 0.252 e. The molecule has 1 atom stereocenters. The standard InChI is InChI=1S/C27H34N6O/c1-7-24(25-29-30-31-33(25)27(4,5)6)32(16-20-11-8-18(2)9-12-20)17-22-15-21-14-19(3)10-13-23(21)28-26(22)34/h8-15,24H,7,16-17H2,1-6H3,(H,28,34)/t24-/m0/s1. The van der Waals surface area contributed by atoms with Crippen LogP contribution in [-0.4, -0.2) is 30.1 Å². The number of aromatic nitrogens is 5. The smallest absolute Gasteiger partial charge is 0.252 e. The summed E-state index contributed by atoms with van der Waals surface area (Å²) in [5.74, 6) is 0.815. The number of nitrogens with one attached hydrogen (secondary N) is 1. The number of aryl methyl sites for hydroxylation is 2. The molecule has 1 N–H and O–H groups in total. The van der Waals surface area contributed by atoms with Crippen molar-refractivity contribution in [3.05, 3.63) is 87.0 Å². The summed E-state index contributed by atoms with van der Waals surface area (Å²) in [6.45, 7) is 13.8. The van der Waals surface area contributed by atoms with E-state index >= 15 is 0 Å². The summed E-state index contributed by atoms with van der Waals surface area (Å²) in [5.41, 5.74) is 4.85. The van der Waals surface area contributed by atoms with E-state index in [9.17, 15) is 4.79 Å². The first-order chi connectivity index (χ1) is 16.2. The monoisotopic (exact) mass is 458 g/mol. The number of H-pyrrole nitrogens is 1. The number of nitrogens with zero attached hydrogens (tertiary/aromatic N) is 5. The first-order valence-corrected chi connectivity index (χ1v) is 11.9. The SMILES string of the molecule is CC[C@@H](c1nnnn1C(C)(C)C)N(Cc1ccc(C)cc1)Cc1cc2cc(C)ccc2[nH]c1=O. The Bertz CT molecular complexity index is 1330. The van der Waals surface area contributed by atoms with E-state index < -0.39 is 0 Å². The number of tetrazole rings is 1. The highest BCUT2D eigenvalue weighted by Crippen LogP contribution is 2.29. The summed E-state index contributed by atoms with van der Waals surface area (Å²) in [4.78, 5) is 18.4. The zero-order valence-electron chi connectivity index (χ0n) is 21.0. The van der Waals surface area contributed by atoms with Crippen LogP contribution in [0.1, 0.15) is 68.2 Å². The Labute approximate surface area is 200 Å². The van der Waals surface area contributed by atoms with Crippen LogP contribution in [0.25, 0.3) is 10.9 Å². The zero-order valence-corrected chi connectivity index (χ0v) is 21.0. The van der Waals surface area contributed by atoms with Crippen molar-refractivity contribution in [3.8, 4) is 0 Å². The van der Waals surface area contributed by atoms with Gasteiger partial charge in [-0.2, -0.15) is 0 Å². The van der Waals surface area contributed by atoms with Crippen molar-refractivity contribution >= 4 is 10.9 Å². The first kappa shape index (κ1) is 23.8. The van der Waals surface area contributed by atoms with Crippen LogP contribution in [0.4, 0.5) is 0 Å². The quantitative estimate of drug-likeness (QED) is 0.420. The summed E-state index contributed by atoms with van der Waals surface area (Å²) in [7, 11) is 0. The molecule has 34 heavy (non-hydrogen) atoms. The Kier molecular flexibility index (Phi) is 6.66. The molecular formula is C27H34N6O. The van der Waals surface area contributed by atoms with Crippen molar-refractivity contribution in [1.82, 2.24) is 30.1 Å². The number of rotatable bonds is 7. The molecule has 178 valence electrons. The molecule has 7 nitrogen and oxygen atoms in total. The lowest BCUT2D eigenvalue weighted by molar-refractivity contribution is 0.153. The lowest BCUT2D eigenvalue weighted by atomic mass is 10.0. The average Bonchev–Trinajstić information content (AvgIpc) is 3.27. The van der Waals surface area contributed by atoms with Gasteiger partial charge in [0.05, 0.1) is 11.6 Å². The van der Waals surface area contributed by atoms with E-state index in [0.717, 1.165) is 34.3 Å². The summed E-state index contributed by atoms with van der Waals surface area (Å²) in [5, 5.41) is 13.8. The molecule has 4 rings (SSSR count). The molecule has 2 aromatic carbocycles. The van der Waals surface area contributed by atoms with Crippen LogP contribution >= 0.6 is 0 Å². The summed E-state index contributed by atoms with van der Waals surface area (Å²) >= 11 is 0. The fraction of sp³-hybridized carbons (Fsp3) is 0.407. The Morgan fingerprint density at radius 3 is 2.38 bits per heavy atom. The second-order valence-corrected chi connectivity index (χ2v) is 10.1. The highest BCUT2D eigenvalue weighted by atomic mass is 16.1. The lowest BCUT2D eigenvalue weighted by Crippen LogP contribution is -2.35. The topological polar surface area (TPSA) is 79.7 Å². The van der Waals surface area contributed by atoms with Gasteiger partial charge in [0.15, 0.2) is 5.82 Å². The summed E-state index contributed by atoms with van der Waals surface area (Å²) in [6, 6.07) is 16.6. The highest BCUT2D eigenvalue weighted by molar-refractivity contribution is 5.79. The van der Waals surface area contributed by atoms with Crippen molar-refractivity contribution in [2.24, 2.45) is 0 Å². The third-order valence-corrected chi connectivity index (χ3v) is 6.21. The van der Waals surface area contributed by atoms with Gasteiger partial charge in [0, 0.05) is 24.2 Å². The number of pyridine rings is 1. The molecular weight excluding hydrogens is 424 g/mol. The molecule has 0 saturated carbocycles. The van der Waals surface area contributed by atoms with E-state index in [1.54, 1.807) is 0 Å². The van der Waals surface area contributed by atoms with Gasteiger partial charge >= 0.3 is 0 Å². The number of aromatic amines is 1. The largest absolute Gasteiger partial charge is 0.322 e. The van der Waals surface area contributed by atoms with Gasteiger partial charge in [0.1, 0.15) is 0 Å². The second kappa shape index (κ2) is 9.50. The minimum Gasteiger partial charge on any atom is -0.322 e. The highest BCUT2D eigenvalue weighted by Gasteiger charge is 2.29. The first-order valence-electron chi connectivity index (χ1n) is 11.9. The molecule has 2 aromatic heterocycles. The van der Waals surface area contributed by atoms with E-state index in [-0.39, 0.29) is 17.1 Å². The minimum absolute atomic E-state index is 0.0527. The Balaban J connectivity index is 1.77. The number of hydrogen-bond donors (Lipinski definition) is 1. The molecule has 2 heterocycles. The average molecular weight is 459 g/mol. The molecule has 0 bridgehead atoms. The molecule has 0 radical (unpaired) electrons. The van der Waals surface area contributed by atoms with Gasteiger partial charge in [-0.3, -0.25) is 9.69 Å². The number of fused-ring (bicyclic) bond motifs is 1. The summed E-state index contributed by atoms with van der Waals surface area (Å²) < 4.78 is 1.90. The molecule has 7 heteroatoms. The Morgan fingerprint density at radius 2 is 1.71 bits per heavy atom. The van der Waals surface area contributed by atoms with E-state index in [4.69, 9.17) is 0 Å². The van der Waals surface area contributed by atoms with Crippen LogP contribution < -0.4 is 5.56 Å². The van der Waals surface area contributed by atoms with Crippen molar-refractivity contribution in [1.29, 1.82) is 0 Å². The van der Waals surface area contributed by atoms with Gasteiger partial charge in [-0.15, -0.1) is 5.10 Å². The van der Waals surface area contributed by atoms with Crippen LogP contribution in [0.15, 0.2) is 53.3 Å². The molecule has 0 aliphatic heterocycles. The molecule has 0 spiro atoms. The van der Waals surface area contributed by atoms with E-state index in [0.29, 0.717) is 13.1 Å². The van der Waals surface area contributed by atoms with Crippen molar-refractivity contribution < 1.29 is 0 Å². The maximum atomic E-state index is 13.0. The van der Waals surface area contributed by atoms with Crippen molar-refractivity contribution in [2.75, 3.05) is 0 Å². The van der Waals surface area contributed by atoms with Crippen LogP contribution in [0.3, 0.4) is 0 Å². The molecule has 0 fully saturated rings. The normalized spacial score (nSPS) is 13.0. The fourth-order valence-corrected chi connectivity index (χ4v) is 4.40. The van der Waals surface area contributed by atoms with Gasteiger partial charge in [-0.25, -0.2) is 4.68 Å². The molecule has 0 amide bonds. The van der Waals surface area contributed by atoms with Gasteiger partial charge in [-0.1, -0.05) is 48.4 Å². The van der Waals surface area contributed by atoms with Crippen molar-refractivity contribution in [2.45, 2.75) is 72.6 Å². The molecule has 0 aliphatic rings. The number of benzene rings is 2. The minimum atomic E-state index is -0.250. The molecule has 0 saturated heterocycles. The molecule has 4 aromatic rings. The molecule has 0 aliphatic carbocycles. The van der Waals surface area contributed by atoms with E-state index in [2.05, 4.69) is 97.3 Å². The van der Waals surface area contributed by atoms with Crippen LogP contribution in [-0.2, 0) is 18.6 Å². The van der Waals surface area contributed by atoms with Gasteiger partial charge in [0.25, 0.3) is 5.56 Å². The van der Waals surface area contributed by atoms with Crippen LogP contribution in [0.5, 0.6) is 0 Å². The molecule has 0 unspecified atom stereocenters. The van der Waals surface area contributed by atoms with Crippen LogP contribution in [0.2, 0.25) is 0 Å². The second-order valence-electron chi connectivity index (χ2n) is 10.1.